The molecule has 0 saturated heterocycles. The molecule has 0 bridgehead atoms. The van der Waals surface area contributed by atoms with Gasteiger partial charge in [-0.05, 0) is 32.0 Å². The molecule has 0 aromatic carbocycles. The number of hydrogen-bond donors (Lipinski definition) is 2. The molecule has 0 radical (unpaired) electrons. The lowest BCUT2D eigenvalue weighted by Crippen LogP contribution is -2.19. The molecule has 1 unspecified atom stereocenters. The summed E-state index contributed by atoms with van der Waals surface area (Å²) < 4.78 is 5.56. The van der Waals surface area contributed by atoms with Crippen molar-refractivity contribution >= 4 is 6.01 Å². The molecule has 0 spiro atoms. The number of nitrogens with zero attached hydrogens (tertiary/aromatic N) is 3. The molecule has 20 heavy (non-hydrogen) atoms. The maximum atomic E-state index is 5.56. The maximum Gasteiger partial charge on any atom is 0.315 e. The van der Waals surface area contributed by atoms with Gasteiger partial charge in [0.1, 0.15) is 0 Å². The van der Waals surface area contributed by atoms with E-state index in [1.54, 1.807) is 6.20 Å². The summed E-state index contributed by atoms with van der Waals surface area (Å²) in [6.45, 7) is 5.79. The van der Waals surface area contributed by atoms with Crippen LogP contribution >= 0.6 is 0 Å². The zero-order chi connectivity index (χ0) is 14.2. The van der Waals surface area contributed by atoms with Crippen LogP contribution in [0.5, 0.6) is 0 Å². The van der Waals surface area contributed by atoms with Crippen molar-refractivity contribution in [2.75, 3.05) is 18.4 Å². The molecule has 2 N–H and O–H groups in total. The molecule has 0 aliphatic rings. The second-order valence-corrected chi connectivity index (χ2v) is 4.62. The highest BCUT2D eigenvalue weighted by Crippen LogP contribution is 2.13. The van der Waals surface area contributed by atoms with Gasteiger partial charge in [-0.15, -0.1) is 5.10 Å². The quantitative estimate of drug-likeness (QED) is 0.769. The van der Waals surface area contributed by atoms with E-state index < -0.39 is 0 Å². The van der Waals surface area contributed by atoms with Gasteiger partial charge in [-0.3, -0.25) is 4.98 Å². The van der Waals surface area contributed by atoms with E-state index in [1.807, 2.05) is 25.1 Å². The molecule has 6 nitrogen and oxygen atoms in total. The molecule has 2 rings (SSSR count). The van der Waals surface area contributed by atoms with E-state index in [4.69, 9.17) is 4.42 Å². The van der Waals surface area contributed by atoms with Crippen LogP contribution in [0.1, 0.15) is 37.9 Å². The molecule has 0 saturated carbocycles. The number of anilines is 1. The Morgan fingerprint density at radius 2 is 2.15 bits per heavy atom. The SMILES string of the molecule is CCCNC(C)c1nnc(NCCc2ccccn2)o1. The fourth-order valence-electron chi connectivity index (χ4n) is 1.77. The van der Waals surface area contributed by atoms with Gasteiger partial charge in [0, 0.05) is 24.9 Å². The summed E-state index contributed by atoms with van der Waals surface area (Å²) in [6, 6.07) is 6.42. The third-order valence-electron chi connectivity index (χ3n) is 2.90. The van der Waals surface area contributed by atoms with Crippen LogP contribution in [0.2, 0.25) is 0 Å². The average Bonchev–Trinajstić information content (AvgIpc) is 2.95. The number of nitrogens with one attached hydrogen (secondary N) is 2. The molecule has 108 valence electrons. The smallest absolute Gasteiger partial charge is 0.315 e. The first-order valence-electron chi connectivity index (χ1n) is 7.00. The van der Waals surface area contributed by atoms with Gasteiger partial charge in [0.05, 0.1) is 6.04 Å². The molecular formula is C14H21N5O. The molecule has 0 aliphatic heterocycles. The summed E-state index contributed by atoms with van der Waals surface area (Å²) in [5, 5.41) is 14.5. The van der Waals surface area contributed by atoms with Gasteiger partial charge in [0.25, 0.3) is 0 Å². The predicted octanol–water partition coefficient (Wildman–Crippen LogP) is 2.18. The lowest BCUT2D eigenvalue weighted by atomic mass is 10.3. The maximum absolute atomic E-state index is 5.56. The van der Waals surface area contributed by atoms with Gasteiger partial charge in [-0.1, -0.05) is 18.1 Å². The van der Waals surface area contributed by atoms with Crippen molar-refractivity contribution in [3.63, 3.8) is 0 Å². The van der Waals surface area contributed by atoms with E-state index in [9.17, 15) is 0 Å². The predicted molar refractivity (Wildman–Crippen MR) is 77.4 cm³/mol. The van der Waals surface area contributed by atoms with Crippen LogP contribution in [0.3, 0.4) is 0 Å². The molecule has 2 aromatic heterocycles. The van der Waals surface area contributed by atoms with Crippen molar-refractivity contribution in [3.8, 4) is 0 Å². The van der Waals surface area contributed by atoms with Crippen LogP contribution in [0.25, 0.3) is 0 Å². The zero-order valence-electron chi connectivity index (χ0n) is 12.0. The largest absolute Gasteiger partial charge is 0.406 e. The molecule has 0 aliphatic carbocycles. The summed E-state index contributed by atoms with van der Waals surface area (Å²) in [5.74, 6) is 0.610. The monoisotopic (exact) mass is 275 g/mol. The Labute approximate surface area is 119 Å². The van der Waals surface area contributed by atoms with Gasteiger partial charge in [-0.25, -0.2) is 0 Å². The summed E-state index contributed by atoms with van der Waals surface area (Å²) in [7, 11) is 0. The van der Waals surface area contributed by atoms with Crippen LogP contribution in [-0.2, 0) is 6.42 Å². The molecular weight excluding hydrogens is 254 g/mol. The lowest BCUT2D eigenvalue weighted by Gasteiger charge is -2.07. The van der Waals surface area contributed by atoms with E-state index in [2.05, 4.69) is 32.7 Å². The van der Waals surface area contributed by atoms with Gasteiger partial charge >= 0.3 is 6.01 Å². The van der Waals surface area contributed by atoms with E-state index >= 15 is 0 Å². The van der Waals surface area contributed by atoms with Crippen molar-refractivity contribution in [1.82, 2.24) is 20.5 Å². The summed E-state index contributed by atoms with van der Waals surface area (Å²) >= 11 is 0. The Hall–Kier alpha value is -1.95. The Bertz CT molecular complexity index is 499. The summed E-state index contributed by atoms with van der Waals surface area (Å²) in [6.07, 6.45) is 3.69. The van der Waals surface area contributed by atoms with Crippen molar-refractivity contribution in [3.05, 3.63) is 36.0 Å². The first-order chi connectivity index (χ1) is 9.79. The van der Waals surface area contributed by atoms with Crippen molar-refractivity contribution < 1.29 is 4.42 Å². The van der Waals surface area contributed by atoms with E-state index in [0.717, 1.165) is 31.6 Å². The summed E-state index contributed by atoms with van der Waals surface area (Å²) in [4.78, 5) is 4.26. The first kappa shape index (κ1) is 14.5. The second kappa shape index (κ2) is 7.59. The van der Waals surface area contributed by atoms with Crippen LogP contribution < -0.4 is 10.6 Å². The molecule has 1 atom stereocenters. The van der Waals surface area contributed by atoms with Gasteiger partial charge in [0.15, 0.2) is 0 Å². The molecule has 0 amide bonds. The van der Waals surface area contributed by atoms with E-state index in [1.165, 1.54) is 0 Å². The van der Waals surface area contributed by atoms with Crippen LogP contribution in [-0.4, -0.2) is 28.3 Å². The third kappa shape index (κ3) is 4.31. The van der Waals surface area contributed by atoms with Gasteiger partial charge in [-0.2, -0.15) is 0 Å². The standard InChI is InChI=1S/C14H21N5O/c1-3-8-15-11(2)13-18-19-14(20-13)17-10-7-12-6-4-5-9-16-12/h4-6,9,11,15H,3,7-8,10H2,1-2H3,(H,17,19). The third-order valence-corrected chi connectivity index (χ3v) is 2.90. The minimum Gasteiger partial charge on any atom is -0.406 e. The molecule has 0 fully saturated rings. The van der Waals surface area contributed by atoms with Crippen molar-refractivity contribution in [1.29, 1.82) is 0 Å². The van der Waals surface area contributed by atoms with Gasteiger partial charge < -0.3 is 15.1 Å². The lowest BCUT2D eigenvalue weighted by molar-refractivity contribution is 0.423. The normalized spacial score (nSPS) is 12.3. The Kier molecular flexibility index (Phi) is 5.49. The average molecular weight is 275 g/mol. The summed E-state index contributed by atoms with van der Waals surface area (Å²) in [5.41, 5.74) is 1.04. The minimum atomic E-state index is 0.0776. The van der Waals surface area contributed by atoms with E-state index in [-0.39, 0.29) is 6.04 Å². The fraction of sp³-hybridized carbons (Fsp3) is 0.500. The Morgan fingerprint density at radius 3 is 2.90 bits per heavy atom. The van der Waals surface area contributed by atoms with E-state index in [0.29, 0.717) is 11.9 Å². The Balaban J connectivity index is 1.78. The molecule has 6 heteroatoms. The zero-order valence-corrected chi connectivity index (χ0v) is 12.0. The number of aromatic nitrogens is 3. The molecule has 2 aromatic rings. The van der Waals surface area contributed by atoms with Crippen molar-refractivity contribution in [2.24, 2.45) is 0 Å². The highest BCUT2D eigenvalue weighted by molar-refractivity contribution is 5.18. The highest BCUT2D eigenvalue weighted by atomic mass is 16.4. The fourth-order valence-corrected chi connectivity index (χ4v) is 1.77. The van der Waals surface area contributed by atoms with Crippen LogP contribution in [0.4, 0.5) is 6.01 Å². The molecule has 2 heterocycles. The number of rotatable bonds is 8. The topological polar surface area (TPSA) is 75.9 Å². The number of hydrogen-bond acceptors (Lipinski definition) is 6. The van der Waals surface area contributed by atoms with Gasteiger partial charge in [0.2, 0.25) is 5.89 Å². The second-order valence-electron chi connectivity index (χ2n) is 4.62. The Morgan fingerprint density at radius 1 is 1.25 bits per heavy atom. The minimum absolute atomic E-state index is 0.0776. The van der Waals surface area contributed by atoms with Crippen LogP contribution in [0.15, 0.2) is 28.8 Å². The first-order valence-corrected chi connectivity index (χ1v) is 7.00. The highest BCUT2D eigenvalue weighted by Gasteiger charge is 2.12. The number of pyridine rings is 1. The van der Waals surface area contributed by atoms with Crippen LogP contribution in [0, 0.1) is 0 Å². The van der Waals surface area contributed by atoms with Crippen molar-refractivity contribution in [2.45, 2.75) is 32.7 Å².